The number of fused-ring (bicyclic) bond motifs is 1. The molecule has 2 heterocycles. The Labute approximate surface area is 168 Å². The molecule has 1 aliphatic rings. The van der Waals surface area contributed by atoms with Gasteiger partial charge in [-0.3, -0.25) is 4.79 Å². The number of carbonyl (C=O) groups excluding carboxylic acids is 2. The number of carbonyl (C=O) groups is 2. The second-order valence-corrected chi connectivity index (χ2v) is 8.04. The third-order valence-corrected chi connectivity index (χ3v) is 5.66. The molecular weight excluding hydrogens is 378 g/mol. The molecule has 1 unspecified atom stereocenters. The summed E-state index contributed by atoms with van der Waals surface area (Å²) >= 11 is 1.45. The molecule has 0 amide bonds. The van der Waals surface area contributed by atoms with E-state index in [1.165, 1.54) is 11.8 Å². The van der Waals surface area contributed by atoms with Crippen LogP contribution in [0.3, 0.4) is 0 Å². The van der Waals surface area contributed by atoms with E-state index in [1.54, 1.807) is 20.8 Å². The average molecular weight is 404 g/mol. The number of aromatic nitrogens is 1. The second-order valence-electron chi connectivity index (χ2n) is 6.63. The van der Waals surface area contributed by atoms with Crippen molar-refractivity contribution in [3.05, 3.63) is 40.7 Å². The molecule has 7 heteroatoms. The van der Waals surface area contributed by atoms with Crippen LogP contribution in [-0.2, 0) is 4.74 Å². The number of ketones is 1. The first-order valence-electron chi connectivity index (χ1n) is 9.39. The number of H-pyrrole nitrogens is 1. The Balaban J connectivity index is 1.77. The lowest BCUT2D eigenvalue weighted by atomic mass is 10.1. The molecule has 1 N–H and O–H groups in total. The van der Waals surface area contributed by atoms with Crippen LogP contribution in [0.1, 0.15) is 52.4 Å². The predicted octanol–water partition coefficient (Wildman–Crippen LogP) is 4.33. The van der Waals surface area contributed by atoms with Crippen LogP contribution < -0.4 is 9.47 Å². The molecule has 28 heavy (non-hydrogen) atoms. The molecule has 0 aliphatic carbocycles. The summed E-state index contributed by atoms with van der Waals surface area (Å²) in [6.45, 7) is 8.72. The van der Waals surface area contributed by atoms with Gasteiger partial charge < -0.3 is 19.2 Å². The van der Waals surface area contributed by atoms with Crippen molar-refractivity contribution in [3.8, 4) is 11.5 Å². The molecule has 1 atom stereocenters. The fourth-order valence-corrected chi connectivity index (χ4v) is 4.14. The third-order valence-electron chi connectivity index (χ3n) is 4.56. The molecule has 0 bridgehead atoms. The Bertz CT molecular complexity index is 889. The van der Waals surface area contributed by atoms with Gasteiger partial charge in [0.1, 0.15) is 0 Å². The number of hydrogen-bond donors (Lipinski definition) is 1. The van der Waals surface area contributed by atoms with Crippen molar-refractivity contribution in [1.82, 2.24) is 4.98 Å². The minimum Gasteiger partial charge on any atom is -0.490 e. The van der Waals surface area contributed by atoms with Crippen LogP contribution in [0, 0.1) is 13.8 Å². The van der Waals surface area contributed by atoms with Crippen molar-refractivity contribution < 1.29 is 23.8 Å². The summed E-state index contributed by atoms with van der Waals surface area (Å²) < 4.78 is 16.5. The smallest absolute Gasteiger partial charge is 0.340 e. The van der Waals surface area contributed by atoms with Crippen LogP contribution in [0.2, 0.25) is 0 Å². The Morgan fingerprint density at radius 2 is 1.93 bits per heavy atom. The highest BCUT2D eigenvalue weighted by molar-refractivity contribution is 8.00. The van der Waals surface area contributed by atoms with Gasteiger partial charge in [0.2, 0.25) is 0 Å². The fraction of sp³-hybridized carbons (Fsp3) is 0.429. The van der Waals surface area contributed by atoms with Gasteiger partial charge in [-0.05, 0) is 51.5 Å². The normalized spacial score (nSPS) is 14.3. The van der Waals surface area contributed by atoms with Crippen LogP contribution in [0.4, 0.5) is 0 Å². The van der Waals surface area contributed by atoms with Crippen molar-refractivity contribution in [2.45, 2.75) is 44.3 Å². The molecule has 150 valence electrons. The number of Topliss-reactive ketones (excluding diaryl/α,β-unsaturated/α-hetero) is 1. The minimum absolute atomic E-state index is 0.0618. The van der Waals surface area contributed by atoms with Gasteiger partial charge in [-0.15, -0.1) is 11.8 Å². The van der Waals surface area contributed by atoms with E-state index in [-0.39, 0.29) is 11.0 Å². The number of esters is 1. The van der Waals surface area contributed by atoms with E-state index >= 15 is 0 Å². The van der Waals surface area contributed by atoms with Gasteiger partial charge >= 0.3 is 5.97 Å². The van der Waals surface area contributed by atoms with Crippen molar-refractivity contribution in [2.24, 2.45) is 0 Å². The van der Waals surface area contributed by atoms with Crippen LogP contribution in [0.25, 0.3) is 0 Å². The van der Waals surface area contributed by atoms with Gasteiger partial charge in [-0.25, -0.2) is 4.79 Å². The molecule has 6 nitrogen and oxygen atoms in total. The number of benzene rings is 1. The first-order chi connectivity index (χ1) is 13.4. The van der Waals surface area contributed by atoms with E-state index in [9.17, 15) is 9.59 Å². The fourth-order valence-electron chi connectivity index (χ4n) is 3.18. The molecule has 1 aliphatic heterocycles. The number of hydrogen-bond acceptors (Lipinski definition) is 6. The van der Waals surface area contributed by atoms with E-state index in [1.807, 2.05) is 25.1 Å². The number of rotatable bonds is 6. The highest BCUT2D eigenvalue weighted by Gasteiger charge is 2.26. The van der Waals surface area contributed by atoms with Gasteiger partial charge in [0, 0.05) is 17.0 Å². The Kier molecular flexibility index (Phi) is 6.34. The van der Waals surface area contributed by atoms with Gasteiger partial charge in [-0.1, -0.05) is 0 Å². The standard InChI is InChI=1S/C21H25NO5S/c1-5-25-21(24)18-12(2)19(22-13(18)3)20(23)14(4)28-15-7-8-16-17(11-15)27-10-6-9-26-16/h7-8,11,14,22H,5-6,9-10H2,1-4H3. The van der Waals surface area contributed by atoms with Gasteiger partial charge in [0.15, 0.2) is 17.3 Å². The zero-order chi connectivity index (χ0) is 20.3. The van der Waals surface area contributed by atoms with E-state index in [0.29, 0.717) is 48.1 Å². The maximum Gasteiger partial charge on any atom is 0.340 e. The molecule has 0 saturated heterocycles. The van der Waals surface area contributed by atoms with Crippen LogP contribution in [0.15, 0.2) is 23.1 Å². The second kappa shape index (κ2) is 8.73. The lowest BCUT2D eigenvalue weighted by Crippen LogP contribution is -2.15. The molecule has 2 aromatic rings. The van der Waals surface area contributed by atoms with Gasteiger partial charge in [0.25, 0.3) is 0 Å². The summed E-state index contributed by atoms with van der Waals surface area (Å²) in [5, 5.41) is -0.337. The highest BCUT2D eigenvalue weighted by atomic mass is 32.2. The summed E-state index contributed by atoms with van der Waals surface area (Å²) in [7, 11) is 0. The zero-order valence-corrected chi connectivity index (χ0v) is 17.4. The lowest BCUT2D eigenvalue weighted by Gasteiger charge is -2.13. The van der Waals surface area contributed by atoms with Crippen molar-refractivity contribution in [3.63, 3.8) is 0 Å². The summed E-state index contributed by atoms with van der Waals surface area (Å²) in [6.07, 6.45) is 0.848. The molecule has 0 saturated carbocycles. The molecular formula is C21H25NO5S. The Morgan fingerprint density at radius 3 is 2.64 bits per heavy atom. The predicted molar refractivity (Wildman–Crippen MR) is 108 cm³/mol. The van der Waals surface area contributed by atoms with E-state index in [2.05, 4.69) is 4.98 Å². The van der Waals surface area contributed by atoms with E-state index < -0.39 is 5.97 Å². The number of aromatic amines is 1. The van der Waals surface area contributed by atoms with Crippen LogP contribution >= 0.6 is 11.8 Å². The molecule has 0 spiro atoms. The Morgan fingerprint density at radius 1 is 1.21 bits per heavy atom. The third kappa shape index (κ3) is 4.19. The number of thioether (sulfide) groups is 1. The van der Waals surface area contributed by atoms with Gasteiger partial charge in [0.05, 0.1) is 36.3 Å². The molecule has 3 rings (SSSR count). The highest BCUT2D eigenvalue weighted by Crippen LogP contribution is 2.36. The molecule has 1 aromatic carbocycles. The first kappa shape index (κ1) is 20.3. The minimum atomic E-state index is -0.406. The van der Waals surface area contributed by atoms with Gasteiger partial charge in [-0.2, -0.15) is 0 Å². The Hall–Kier alpha value is -2.41. The number of aryl methyl sites for hydroxylation is 1. The lowest BCUT2D eigenvalue weighted by molar-refractivity contribution is 0.0525. The topological polar surface area (TPSA) is 77.6 Å². The van der Waals surface area contributed by atoms with Crippen molar-refractivity contribution in [1.29, 1.82) is 0 Å². The first-order valence-corrected chi connectivity index (χ1v) is 10.3. The number of ether oxygens (including phenoxy) is 3. The van der Waals surface area contributed by atoms with E-state index in [0.717, 1.165) is 17.1 Å². The largest absolute Gasteiger partial charge is 0.490 e. The maximum atomic E-state index is 13.0. The summed E-state index contributed by atoms with van der Waals surface area (Å²) in [5.74, 6) is 0.971. The monoisotopic (exact) mass is 403 g/mol. The quantitative estimate of drug-likeness (QED) is 0.439. The molecule has 0 fully saturated rings. The maximum absolute atomic E-state index is 13.0. The van der Waals surface area contributed by atoms with Crippen molar-refractivity contribution >= 4 is 23.5 Å². The SMILES string of the molecule is CCOC(=O)c1c(C)[nH]c(C(=O)C(C)Sc2ccc3c(c2)OCCCO3)c1C. The van der Waals surface area contributed by atoms with Crippen molar-refractivity contribution in [2.75, 3.05) is 19.8 Å². The average Bonchev–Trinajstić information content (AvgIpc) is 2.83. The summed E-state index contributed by atoms with van der Waals surface area (Å²) in [4.78, 5) is 29.2. The van der Waals surface area contributed by atoms with Crippen LogP contribution in [0.5, 0.6) is 11.5 Å². The zero-order valence-electron chi connectivity index (χ0n) is 16.6. The molecule has 0 radical (unpaired) electrons. The molecule has 1 aromatic heterocycles. The van der Waals surface area contributed by atoms with Crippen LogP contribution in [-0.4, -0.2) is 41.8 Å². The summed E-state index contributed by atoms with van der Waals surface area (Å²) in [5.41, 5.74) is 2.17. The summed E-state index contributed by atoms with van der Waals surface area (Å²) in [6, 6.07) is 5.72. The number of nitrogens with one attached hydrogen (secondary N) is 1. The van der Waals surface area contributed by atoms with E-state index in [4.69, 9.17) is 14.2 Å².